The Hall–Kier alpha value is -2.08. The van der Waals surface area contributed by atoms with Crippen molar-refractivity contribution in [3.05, 3.63) is 29.8 Å². The molecule has 1 aromatic carbocycles. The number of nitrogens with one attached hydrogen (secondary N) is 2. The Morgan fingerprint density at radius 1 is 1.04 bits per heavy atom. The van der Waals surface area contributed by atoms with Gasteiger partial charge in [-0.15, -0.1) is 0 Å². The van der Waals surface area contributed by atoms with E-state index in [9.17, 15) is 9.59 Å². The first-order valence-corrected chi connectivity index (χ1v) is 10.9. The predicted octanol–water partition coefficient (Wildman–Crippen LogP) is 3.13. The molecule has 28 heavy (non-hydrogen) atoms. The molecule has 0 radical (unpaired) electrons. The maximum Gasteiger partial charge on any atom is 0.321 e. The molecule has 6 heteroatoms. The Labute approximate surface area is 167 Å². The number of piperidine rings is 1. The molecule has 1 saturated carbocycles. The van der Waals surface area contributed by atoms with Crippen molar-refractivity contribution in [1.82, 2.24) is 15.5 Å². The van der Waals surface area contributed by atoms with Crippen LogP contribution in [0.5, 0.6) is 0 Å². The van der Waals surface area contributed by atoms with Crippen molar-refractivity contribution in [1.29, 1.82) is 0 Å². The second kappa shape index (κ2) is 8.95. The fraction of sp³-hybridized carbons (Fsp3) is 0.636. The SMILES string of the molecule is O=C(NC1CCCN(C2CCCCCC2)C1)c1cccc(N2CCNC2=O)c1. The molecule has 3 fully saturated rings. The number of hydrogen-bond acceptors (Lipinski definition) is 3. The van der Waals surface area contributed by atoms with Crippen LogP contribution >= 0.6 is 0 Å². The molecule has 2 saturated heterocycles. The highest BCUT2D eigenvalue weighted by Gasteiger charge is 2.28. The van der Waals surface area contributed by atoms with Crippen LogP contribution in [-0.4, -0.2) is 55.1 Å². The number of nitrogens with zero attached hydrogens (tertiary/aromatic N) is 2. The Bertz CT molecular complexity index is 700. The summed E-state index contributed by atoms with van der Waals surface area (Å²) in [5.74, 6) is -0.0332. The lowest BCUT2D eigenvalue weighted by Gasteiger charge is -2.38. The van der Waals surface area contributed by atoms with Crippen molar-refractivity contribution >= 4 is 17.6 Å². The fourth-order valence-electron chi connectivity index (χ4n) is 4.88. The minimum atomic E-state index is -0.0936. The minimum absolute atomic E-state index is 0.0332. The number of anilines is 1. The number of amides is 3. The van der Waals surface area contributed by atoms with Gasteiger partial charge in [-0.05, 0) is 50.4 Å². The molecule has 1 atom stereocenters. The zero-order valence-corrected chi connectivity index (χ0v) is 16.7. The van der Waals surface area contributed by atoms with E-state index in [1.807, 2.05) is 24.3 Å². The summed E-state index contributed by atoms with van der Waals surface area (Å²) in [6.45, 7) is 3.42. The van der Waals surface area contributed by atoms with Gasteiger partial charge in [0.05, 0.1) is 0 Å². The van der Waals surface area contributed by atoms with Crippen LogP contribution in [0.3, 0.4) is 0 Å². The Morgan fingerprint density at radius 3 is 2.61 bits per heavy atom. The number of hydrogen-bond donors (Lipinski definition) is 2. The van der Waals surface area contributed by atoms with Gasteiger partial charge in [0.2, 0.25) is 0 Å². The van der Waals surface area contributed by atoms with Gasteiger partial charge in [-0.1, -0.05) is 31.7 Å². The highest BCUT2D eigenvalue weighted by atomic mass is 16.2. The van der Waals surface area contributed by atoms with Gasteiger partial charge in [0.15, 0.2) is 0 Å². The predicted molar refractivity (Wildman–Crippen MR) is 111 cm³/mol. The van der Waals surface area contributed by atoms with Gasteiger partial charge >= 0.3 is 6.03 Å². The van der Waals surface area contributed by atoms with Crippen molar-refractivity contribution in [2.24, 2.45) is 0 Å². The Morgan fingerprint density at radius 2 is 1.86 bits per heavy atom. The van der Waals surface area contributed by atoms with E-state index in [0.29, 0.717) is 24.7 Å². The lowest BCUT2D eigenvalue weighted by atomic mass is 9.99. The number of rotatable bonds is 4. The summed E-state index contributed by atoms with van der Waals surface area (Å²) >= 11 is 0. The van der Waals surface area contributed by atoms with Crippen molar-refractivity contribution < 1.29 is 9.59 Å². The van der Waals surface area contributed by atoms with Gasteiger partial charge in [-0.2, -0.15) is 0 Å². The summed E-state index contributed by atoms with van der Waals surface area (Å²) in [6, 6.07) is 8.21. The molecule has 2 aliphatic heterocycles. The third kappa shape index (κ3) is 4.49. The Kier molecular flexibility index (Phi) is 6.15. The van der Waals surface area contributed by atoms with Crippen molar-refractivity contribution in [2.45, 2.75) is 63.5 Å². The molecule has 0 spiro atoms. The van der Waals surface area contributed by atoms with Crippen LogP contribution in [0.15, 0.2) is 24.3 Å². The van der Waals surface area contributed by atoms with E-state index in [0.717, 1.165) is 31.6 Å². The molecule has 0 aromatic heterocycles. The average Bonchev–Trinajstić information content (AvgIpc) is 2.97. The van der Waals surface area contributed by atoms with Gasteiger partial charge in [0, 0.05) is 43.0 Å². The first-order chi connectivity index (χ1) is 13.7. The molecule has 3 amide bonds. The maximum absolute atomic E-state index is 12.9. The minimum Gasteiger partial charge on any atom is -0.348 e. The summed E-state index contributed by atoms with van der Waals surface area (Å²) in [4.78, 5) is 29.0. The molecule has 2 N–H and O–H groups in total. The molecule has 3 aliphatic rings. The monoisotopic (exact) mass is 384 g/mol. The Balaban J connectivity index is 1.37. The second-order valence-electron chi connectivity index (χ2n) is 8.39. The summed E-state index contributed by atoms with van der Waals surface area (Å²) in [6.07, 6.45) is 10.2. The van der Waals surface area contributed by atoms with Crippen LogP contribution in [-0.2, 0) is 0 Å². The molecular formula is C22H32N4O2. The largest absolute Gasteiger partial charge is 0.348 e. The van der Waals surface area contributed by atoms with Crippen LogP contribution in [0.4, 0.5) is 10.5 Å². The summed E-state index contributed by atoms with van der Waals surface area (Å²) < 4.78 is 0. The number of carbonyl (C=O) groups is 2. The summed E-state index contributed by atoms with van der Waals surface area (Å²) in [7, 11) is 0. The van der Waals surface area contributed by atoms with Gasteiger partial charge in [-0.25, -0.2) is 4.79 Å². The van der Waals surface area contributed by atoms with Gasteiger partial charge in [0.25, 0.3) is 5.91 Å². The summed E-state index contributed by atoms with van der Waals surface area (Å²) in [5, 5.41) is 6.05. The molecule has 1 unspecified atom stereocenters. The number of benzene rings is 1. The number of likely N-dealkylation sites (tertiary alicyclic amines) is 1. The lowest BCUT2D eigenvalue weighted by molar-refractivity contribution is 0.0860. The smallest absolute Gasteiger partial charge is 0.321 e. The van der Waals surface area contributed by atoms with Crippen LogP contribution in [0.1, 0.15) is 61.7 Å². The second-order valence-corrected chi connectivity index (χ2v) is 8.39. The third-order valence-corrected chi connectivity index (χ3v) is 6.41. The number of urea groups is 1. The van der Waals surface area contributed by atoms with E-state index >= 15 is 0 Å². The maximum atomic E-state index is 12.9. The van der Waals surface area contributed by atoms with Gasteiger partial charge in [-0.3, -0.25) is 14.6 Å². The highest BCUT2D eigenvalue weighted by molar-refractivity contribution is 5.98. The highest BCUT2D eigenvalue weighted by Crippen LogP contribution is 2.25. The molecule has 152 valence electrons. The van der Waals surface area contributed by atoms with Crippen LogP contribution in [0.2, 0.25) is 0 Å². The van der Waals surface area contributed by atoms with E-state index in [2.05, 4.69) is 15.5 Å². The topological polar surface area (TPSA) is 64.7 Å². The molecule has 4 rings (SSSR count). The van der Waals surface area contributed by atoms with Crippen molar-refractivity contribution in [3.63, 3.8) is 0 Å². The van der Waals surface area contributed by atoms with E-state index in [-0.39, 0.29) is 18.0 Å². The molecule has 1 aliphatic carbocycles. The zero-order valence-electron chi connectivity index (χ0n) is 16.7. The zero-order chi connectivity index (χ0) is 19.3. The normalized spacial score (nSPS) is 24.6. The van der Waals surface area contributed by atoms with E-state index in [1.165, 1.54) is 38.5 Å². The van der Waals surface area contributed by atoms with Crippen LogP contribution in [0.25, 0.3) is 0 Å². The standard InChI is InChI=1S/C22H32N4O2/c27-21(17-7-5-11-20(15-17)26-14-12-23-22(26)28)24-18-8-6-13-25(16-18)19-9-3-1-2-4-10-19/h5,7,11,15,18-19H,1-4,6,8-10,12-14,16H2,(H,23,28)(H,24,27). The molecule has 2 heterocycles. The van der Waals surface area contributed by atoms with Crippen LogP contribution < -0.4 is 15.5 Å². The van der Waals surface area contributed by atoms with E-state index in [1.54, 1.807) is 4.90 Å². The third-order valence-electron chi connectivity index (χ3n) is 6.41. The first-order valence-electron chi connectivity index (χ1n) is 10.9. The van der Waals surface area contributed by atoms with Crippen molar-refractivity contribution in [2.75, 3.05) is 31.1 Å². The molecule has 6 nitrogen and oxygen atoms in total. The van der Waals surface area contributed by atoms with Gasteiger partial charge < -0.3 is 10.6 Å². The number of carbonyl (C=O) groups excluding carboxylic acids is 2. The lowest BCUT2D eigenvalue weighted by Crippen LogP contribution is -2.50. The van der Waals surface area contributed by atoms with Crippen molar-refractivity contribution in [3.8, 4) is 0 Å². The molecular weight excluding hydrogens is 352 g/mol. The molecule has 0 bridgehead atoms. The van der Waals surface area contributed by atoms with E-state index < -0.39 is 0 Å². The van der Waals surface area contributed by atoms with Crippen LogP contribution in [0, 0.1) is 0 Å². The average molecular weight is 385 g/mol. The first kappa shape index (κ1) is 19.2. The fourth-order valence-corrected chi connectivity index (χ4v) is 4.88. The molecule has 1 aromatic rings. The summed E-state index contributed by atoms with van der Waals surface area (Å²) in [5.41, 5.74) is 1.41. The van der Waals surface area contributed by atoms with E-state index in [4.69, 9.17) is 0 Å². The van der Waals surface area contributed by atoms with Gasteiger partial charge in [0.1, 0.15) is 0 Å². The quantitative estimate of drug-likeness (QED) is 0.784.